The maximum atomic E-state index is 11.3. The third-order valence-corrected chi connectivity index (χ3v) is 3.29. The van der Waals surface area contributed by atoms with E-state index in [1.54, 1.807) is 10.8 Å². The quantitative estimate of drug-likeness (QED) is 0.732. The number of rotatable bonds is 8. The number of carboxylic acid groups (broad SMARTS) is 1. The third kappa shape index (κ3) is 4.21. The van der Waals surface area contributed by atoms with Gasteiger partial charge in [0.15, 0.2) is 5.78 Å². The minimum atomic E-state index is -0.990. The van der Waals surface area contributed by atoms with Gasteiger partial charge in [0.1, 0.15) is 5.69 Å². The number of aromatic nitrogens is 1. The molecule has 106 valence electrons. The Morgan fingerprint density at radius 3 is 2.42 bits per heavy atom. The van der Waals surface area contributed by atoms with Gasteiger partial charge >= 0.3 is 5.97 Å². The van der Waals surface area contributed by atoms with Crippen LogP contribution in [0.2, 0.25) is 0 Å². The molecule has 0 aliphatic heterocycles. The van der Waals surface area contributed by atoms with Crippen LogP contribution in [0.5, 0.6) is 0 Å². The summed E-state index contributed by atoms with van der Waals surface area (Å²) in [6, 6.07) is 1.45. The molecule has 0 bridgehead atoms. The van der Waals surface area contributed by atoms with Gasteiger partial charge in [0, 0.05) is 18.3 Å². The second kappa shape index (κ2) is 7.09. The van der Waals surface area contributed by atoms with E-state index in [4.69, 9.17) is 5.11 Å². The lowest BCUT2D eigenvalue weighted by Crippen LogP contribution is -2.25. The van der Waals surface area contributed by atoms with E-state index in [9.17, 15) is 9.59 Å². The number of carbonyl (C=O) groups excluding carboxylic acids is 1. The van der Waals surface area contributed by atoms with Crippen molar-refractivity contribution in [2.24, 2.45) is 0 Å². The Hall–Kier alpha value is -1.62. The van der Waals surface area contributed by atoms with Crippen LogP contribution >= 0.6 is 0 Å². The summed E-state index contributed by atoms with van der Waals surface area (Å²) in [7, 11) is 0. The first kappa shape index (κ1) is 15.4. The van der Waals surface area contributed by atoms with Crippen LogP contribution in [0.3, 0.4) is 0 Å². The van der Waals surface area contributed by atoms with Gasteiger partial charge < -0.3 is 14.6 Å². The highest BCUT2D eigenvalue weighted by molar-refractivity contribution is 5.97. The summed E-state index contributed by atoms with van der Waals surface area (Å²) in [6.45, 7) is 9.19. The molecule has 0 radical (unpaired) electrons. The predicted octanol–water partition coefficient (Wildman–Crippen LogP) is 2.12. The topological polar surface area (TPSA) is 62.5 Å². The summed E-state index contributed by atoms with van der Waals surface area (Å²) in [4.78, 5) is 24.7. The fourth-order valence-corrected chi connectivity index (χ4v) is 2.07. The first-order valence-corrected chi connectivity index (χ1v) is 6.66. The molecule has 1 heterocycles. The lowest BCUT2D eigenvalue weighted by molar-refractivity contribution is 0.0684. The Kier molecular flexibility index (Phi) is 5.76. The fourth-order valence-electron chi connectivity index (χ4n) is 2.07. The Morgan fingerprint density at radius 2 is 1.95 bits per heavy atom. The number of carbonyl (C=O) groups is 2. The monoisotopic (exact) mass is 266 g/mol. The second-order valence-corrected chi connectivity index (χ2v) is 4.55. The van der Waals surface area contributed by atoms with Crippen LogP contribution in [0, 0.1) is 0 Å². The summed E-state index contributed by atoms with van der Waals surface area (Å²) < 4.78 is 1.66. The van der Waals surface area contributed by atoms with E-state index in [1.165, 1.54) is 13.0 Å². The SMILES string of the molecule is CCN(CC)CCCn1cc(C(C)=O)cc1C(=O)O. The Labute approximate surface area is 113 Å². The van der Waals surface area contributed by atoms with Gasteiger partial charge in [0.25, 0.3) is 0 Å². The van der Waals surface area contributed by atoms with Crippen molar-refractivity contribution < 1.29 is 14.7 Å². The van der Waals surface area contributed by atoms with E-state index in [-0.39, 0.29) is 11.5 Å². The molecule has 0 unspecified atom stereocenters. The van der Waals surface area contributed by atoms with Crippen LogP contribution in [0.15, 0.2) is 12.3 Å². The van der Waals surface area contributed by atoms with Crippen LogP contribution in [0.4, 0.5) is 0 Å². The largest absolute Gasteiger partial charge is 0.477 e. The molecule has 0 fully saturated rings. The zero-order chi connectivity index (χ0) is 14.4. The molecule has 0 aliphatic carbocycles. The van der Waals surface area contributed by atoms with E-state index >= 15 is 0 Å². The Balaban J connectivity index is 2.71. The van der Waals surface area contributed by atoms with Gasteiger partial charge in [0.05, 0.1) is 0 Å². The normalized spacial score (nSPS) is 10.9. The van der Waals surface area contributed by atoms with Gasteiger partial charge in [-0.15, -0.1) is 0 Å². The summed E-state index contributed by atoms with van der Waals surface area (Å²) in [5.41, 5.74) is 0.644. The number of aromatic carboxylic acids is 1. The van der Waals surface area contributed by atoms with Gasteiger partial charge in [-0.2, -0.15) is 0 Å². The van der Waals surface area contributed by atoms with Crippen molar-refractivity contribution in [2.45, 2.75) is 33.7 Å². The number of Topliss-reactive ketones (excluding diaryl/α,β-unsaturated/α-hetero) is 1. The van der Waals surface area contributed by atoms with Crippen molar-refractivity contribution in [3.8, 4) is 0 Å². The molecule has 5 heteroatoms. The van der Waals surface area contributed by atoms with Crippen molar-refractivity contribution >= 4 is 11.8 Å². The number of aryl methyl sites for hydroxylation is 1. The van der Waals surface area contributed by atoms with Gasteiger partial charge in [-0.25, -0.2) is 4.79 Å². The maximum absolute atomic E-state index is 11.3. The van der Waals surface area contributed by atoms with Crippen LogP contribution in [0.25, 0.3) is 0 Å². The minimum absolute atomic E-state index is 0.106. The van der Waals surface area contributed by atoms with Crippen molar-refractivity contribution in [3.63, 3.8) is 0 Å². The van der Waals surface area contributed by atoms with E-state index in [1.807, 2.05) is 0 Å². The van der Waals surface area contributed by atoms with Crippen molar-refractivity contribution in [3.05, 3.63) is 23.5 Å². The van der Waals surface area contributed by atoms with Crippen molar-refractivity contribution in [2.75, 3.05) is 19.6 Å². The molecule has 0 aliphatic rings. The molecule has 5 nitrogen and oxygen atoms in total. The number of ketones is 1. The van der Waals surface area contributed by atoms with Gasteiger partial charge in [0.2, 0.25) is 0 Å². The summed E-state index contributed by atoms with van der Waals surface area (Å²) >= 11 is 0. The number of hydrogen-bond acceptors (Lipinski definition) is 3. The third-order valence-electron chi connectivity index (χ3n) is 3.29. The highest BCUT2D eigenvalue weighted by Crippen LogP contribution is 2.11. The fraction of sp³-hybridized carbons (Fsp3) is 0.571. The zero-order valence-corrected chi connectivity index (χ0v) is 11.8. The molecule has 0 spiro atoms. The number of carboxylic acids is 1. The first-order valence-electron chi connectivity index (χ1n) is 6.66. The minimum Gasteiger partial charge on any atom is -0.477 e. The molecule has 1 aromatic rings. The van der Waals surface area contributed by atoms with E-state index in [2.05, 4.69) is 18.7 Å². The first-order chi connectivity index (χ1) is 8.99. The molecule has 0 amide bonds. The summed E-state index contributed by atoms with van der Waals surface area (Å²) in [5, 5.41) is 9.12. The number of nitrogens with zero attached hydrogens (tertiary/aromatic N) is 2. The van der Waals surface area contributed by atoms with Gasteiger partial charge in [-0.1, -0.05) is 13.8 Å². The molecule has 0 atom stereocenters. The highest BCUT2D eigenvalue weighted by atomic mass is 16.4. The van der Waals surface area contributed by atoms with Crippen molar-refractivity contribution in [1.82, 2.24) is 9.47 Å². The van der Waals surface area contributed by atoms with E-state index in [0.29, 0.717) is 12.1 Å². The van der Waals surface area contributed by atoms with Crippen LogP contribution in [0.1, 0.15) is 48.0 Å². The molecular formula is C14H22N2O3. The average Bonchev–Trinajstić information content (AvgIpc) is 2.79. The smallest absolute Gasteiger partial charge is 0.352 e. The van der Waals surface area contributed by atoms with Crippen LogP contribution in [-0.2, 0) is 6.54 Å². The Morgan fingerprint density at radius 1 is 1.32 bits per heavy atom. The van der Waals surface area contributed by atoms with Crippen molar-refractivity contribution in [1.29, 1.82) is 0 Å². The summed E-state index contributed by atoms with van der Waals surface area (Å²) in [5.74, 6) is -1.10. The molecule has 0 aromatic carbocycles. The molecule has 1 aromatic heterocycles. The lowest BCUT2D eigenvalue weighted by atomic mass is 10.2. The summed E-state index contributed by atoms with van der Waals surface area (Å²) in [6.07, 6.45) is 2.50. The molecule has 1 N–H and O–H groups in total. The molecule has 1 rings (SSSR count). The molecule has 19 heavy (non-hydrogen) atoms. The average molecular weight is 266 g/mol. The van der Waals surface area contributed by atoms with Gasteiger partial charge in [-0.3, -0.25) is 4.79 Å². The molecule has 0 saturated heterocycles. The highest BCUT2D eigenvalue weighted by Gasteiger charge is 2.14. The van der Waals surface area contributed by atoms with Gasteiger partial charge in [-0.05, 0) is 39.0 Å². The molecule has 0 saturated carbocycles. The zero-order valence-electron chi connectivity index (χ0n) is 11.8. The molecular weight excluding hydrogens is 244 g/mol. The van der Waals surface area contributed by atoms with E-state index < -0.39 is 5.97 Å². The lowest BCUT2D eigenvalue weighted by Gasteiger charge is -2.18. The standard InChI is InChI=1S/C14H22N2O3/c1-4-15(5-2)7-6-8-16-10-12(11(3)17)9-13(16)14(18)19/h9-10H,4-8H2,1-3H3,(H,18,19). The predicted molar refractivity (Wildman–Crippen MR) is 73.8 cm³/mol. The van der Waals surface area contributed by atoms with Crippen LogP contribution < -0.4 is 0 Å². The second-order valence-electron chi connectivity index (χ2n) is 4.55. The number of hydrogen-bond donors (Lipinski definition) is 1. The Bertz CT molecular complexity index is 448. The van der Waals surface area contributed by atoms with E-state index in [0.717, 1.165) is 26.1 Å². The van der Waals surface area contributed by atoms with Crippen LogP contribution in [-0.4, -0.2) is 46.0 Å². The maximum Gasteiger partial charge on any atom is 0.352 e.